The van der Waals surface area contributed by atoms with Crippen molar-refractivity contribution in [3.63, 3.8) is 0 Å². The Kier molecular flexibility index (Phi) is 3.65. The van der Waals surface area contributed by atoms with Gasteiger partial charge in [-0.25, -0.2) is 0 Å². The van der Waals surface area contributed by atoms with Crippen molar-refractivity contribution in [1.82, 2.24) is 10.5 Å². The second-order valence-corrected chi connectivity index (χ2v) is 6.37. The highest BCUT2D eigenvalue weighted by atomic mass is 16.5. The van der Waals surface area contributed by atoms with Crippen LogP contribution >= 0.6 is 0 Å². The summed E-state index contributed by atoms with van der Waals surface area (Å²) in [4.78, 5) is 12.6. The predicted molar refractivity (Wildman–Crippen MR) is 84.8 cm³/mol. The summed E-state index contributed by atoms with van der Waals surface area (Å²) in [5.41, 5.74) is 1.21. The highest BCUT2D eigenvalue weighted by Gasteiger charge is 2.53. The summed E-state index contributed by atoms with van der Waals surface area (Å²) in [5, 5.41) is 7.19. The number of hydrogen-bond donors (Lipinski definition) is 1. The first-order chi connectivity index (χ1) is 11.3. The third kappa shape index (κ3) is 2.77. The van der Waals surface area contributed by atoms with Crippen molar-refractivity contribution in [2.24, 2.45) is 0 Å². The van der Waals surface area contributed by atoms with Crippen LogP contribution in [0.15, 0.2) is 40.9 Å². The van der Waals surface area contributed by atoms with E-state index in [0.29, 0.717) is 12.3 Å². The number of nitrogens with zero attached hydrogens (tertiary/aromatic N) is 1. The lowest BCUT2D eigenvalue weighted by Gasteiger charge is -2.15. The monoisotopic (exact) mass is 312 g/mol. The normalized spacial score (nSPS) is 22.0. The summed E-state index contributed by atoms with van der Waals surface area (Å²) in [7, 11) is 0. The summed E-state index contributed by atoms with van der Waals surface area (Å²) in [6.45, 7) is 1.39. The molecule has 2 aromatic rings. The molecule has 1 saturated carbocycles. The number of hydrogen-bond acceptors (Lipinski definition) is 4. The van der Waals surface area contributed by atoms with E-state index in [2.05, 4.69) is 10.5 Å². The Bertz CT molecular complexity index is 685. The Morgan fingerprint density at radius 3 is 2.83 bits per heavy atom. The number of rotatable bonds is 5. The fourth-order valence-electron chi connectivity index (χ4n) is 3.14. The quantitative estimate of drug-likeness (QED) is 0.922. The molecule has 1 aromatic heterocycles. The first-order valence-corrected chi connectivity index (χ1v) is 8.20. The summed E-state index contributed by atoms with van der Waals surface area (Å²) in [6.07, 6.45) is 3.91. The highest BCUT2D eigenvalue weighted by Crippen LogP contribution is 2.48. The van der Waals surface area contributed by atoms with E-state index in [4.69, 9.17) is 9.26 Å². The van der Waals surface area contributed by atoms with Crippen molar-refractivity contribution in [2.45, 2.75) is 37.2 Å². The minimum absolute atomic E-state index is 0.0425. The number of carbonyl (C=O) groups is 1. The van der Waals surface area contributed by atoms with Gasteiger partial charge >= 0.3 is 0 Å². The summed E-state index contributed by atoms with van der Waals surface area (Å²) in [5.74, 6) is 0.750. The molecule has 0 radical (unpaired) electrons. The van der Waals surface area contributed by atoms with E-state index < -0.39 is 5.41 Å². The zero-order valence-electron chi connectivity index (χ0n) is 13.0. The maximum atomic E-state index is 12.6. The van der Waals surface area contributed by atoms with E-state index in [0.717, 1.165) is 43.5 Å². The predicted octanol–water partition coefficient (Wildman–Crippen LogP) is 2.67. The molecular formula is C18H20N2O3. The molecule has 2 fully saturated rings. The van der Waals surface area contributed by atoms with E-state index in [1.54, 1.807) is 0 Å². The smallest absolute Gasteiger partial charge is 0.232 e. The van der Waals surface area contributed by atoms with Crippen LogP contribution in [-0.2, 0) is 14.9 Å². The van der Waals surface area contributed by atoms with E-state index in [1.807, 2.05) is 36.4 Å². The molecule has 5 heteroatoms. The first-order valence-electron chi connectivity index (χ1n) is 8.20. The van der Waals surface area contributed by atoms with Gasteiger partial charge in [0.25, 0.3) is 0 Å². The number of nitrogens with one attached hydrogen (secondary N) is 1. The van der Waals surface area contributed by atoms with E-state index in [1.165, 1.54) is 0 Å². The van der Waals surface area contributed by atoms with E-state index in [-0.39, 0.29) is 12.0 Å². The van der Waals surface area contributed by atoms with Crippen LogP contribution in [0.5, 0.6) is 0 Å². The lowest BCUT2D eigenvalue weighted by molar-refractivity contribution is -0.124. The van der Waals surface area contributed by atoms with Crippen molar-refractivity contribution in [2.75, 3.05) is 13.2 Å². The summed E-state index contributed by atoms with van der Waals surface area (Å²) < 4.78 is 11.0. The molecule has 1 aliphatic heterocycles. The number of benzene rings is 1. The van der Waals surface area contributed by atoms with Gasteiger partial charge in [0.15, 0.2) is 5.76 Å². The van der Waals surface area contributed by atoms with Gasteiger partial charge in [0, 0.05) is 24.8 Å². The molecule has 5 nitrogen and oxygen atoms in total. The van der Waals surface area contributed by atoms with Gasteiger partial charge in [0.1, 0.15) is 0 Å². The Balaban J connectivity index is 1.46. The van der Waals surface area contributed by atoms with E-state index >= 15 is 0 Å². The fraction of sp³-hybridized carbons (Fsp3) is 0.444. The molecule has 2 heterocycles. The number of carbonyl (C=O) groups excluding carboxylic acids is 1. The van der Waals surface area contributed by atoms with Gasteiger partial charge < -0.3 is 14.6 Å². The van der Waals surface area contributed by atoms with Crippen LogP contribution in [-0.4, -0.2) is 30.3 Å². The molecule has 1 aliphatic carbocycles. The number of amides is 1. The van der Waals surface area contributed by atoms with Gasteiger partial charge in [0.2, 0.25) is 5.91 Å². The minimum atomic E-state index is -0.505. The van der Waals surface area contributed by atoms with Crippen LogP contribution in [0.3, 0.4) is 0 Å². The van der Waals surface area contributed by atoms with Crippen LogP contribution < -0.4 is 5.32 Å². The molecular weight excluding hydrogens is 292 g/mol. The Morgan fingerprint density at radius 2 is 2.13 bits per heavy atom. The number of ether oxygens (including phenoxy) is 1. The van der Waals surface area contributed by atoms with Crippen LogP contribution in [0, 0.1) is 0 Å². The molecule has 1 saturated heterocycles. The van der Waals surface area contributed by atoms with Crippen LogP contribution in [0.2, 0.25) is 0 Å². The average Bonchev–Trinajstić information content (AvgIpc) is 3.03. The zero-order chi connectivity index (χ0) is 15.7. The maximum Gasteiger partial charge on any atom is 0.232 e. The van der Waals surface area contributed by atoms with Crippen molar-refractivity contribution in [3.8, 4) is 11.3 Å². The zero-order valence-corrected chi connectivity index (χ0v) is 13.0. The summed E-state index contributed by atoms with van der Waals surface area (Å²) >= 11 is 0. The number of aromatic nitrogens is 1. The molecule has 1 amide bonds. The van der Waals surface area contributed by atoms with Crippen LogP contribution in [0.1, 0.15) is 31.4 Å². The summed E-state index contributed by atoms with van der Waals surface area (Å²) in [6, 6.07) is 11.7. The van der Waals surface area contributed by atoms with Gasteiger partial charge in [-0.15, -0.1) is 0 Å². The van der Waals surface area contributed by atoms with Gasteiger partial charge in [-0.05, 0) is 25.7 Å². The molecule has 4 rings (SSSR count). The molecule has 2 aliphatic rings. The fourth-order valence-corrected chi connectivity index (χ4v) is 3.14. The molecule has 1 unspecified atom stereocenters. The molecule has 1 N–H and O–H groups in total. The van der Waals surface area contributed by atoms with Crippen molar-refractivity contribution in [3.05, 3.63) is 42.1 Å². The van der Waals surface area contributed by atoms with Crippen molar-refractivity contribution in [1.29, 1.82) is 0 Å². The van der Waals surface area contributed by atoms with E-state index in [9.17, 15) is 4.79 Å². The van der Waals surface area contributed by atoms with Gasteiger partial charge in [-0.1, -0.05) is 35.5 Å². The van der Waals surface area contributed by atoms with Gasteiger partial charge in [-0.3, -0.25) is 4.79 Å². The van der Waals surface area contributed by atoms with Gasteiger partial charge in [-0.2, -0.15) is 0 Å². The molecule has 1 atom stereocenters. The SMILES string of the molecule is O=C(NCC1CCCO1)C1(c2cc(-c3ccccc3)on2)CC1. The second kappa shape index (κ2) is 5.81. The first kappa shape index (κ1) is 14.5. The third-order valence-electron chi connectivity index (χ3n) is 4.76. The van der Waals surface area contributed by atoms with Crippen LogP contribution in [0.25, 0.3) is 11.3 Å². The lowest BCUT2D eigenvalue weighted by Crippen LogP contribution is -2.39. The second-order valence-electron chi connectivity index (χ2n) is 6.37. The molecule has 0 spiro atoms. The maximum absolute atomic E-state index is 12.6. The van der Waals surface area contributed by atoms with Crippen molar-refractivity contribution >= 4 is 5.91 Å². The highest BCUT2D eigenvalue weighted by molar-refractivity contribution is 5.91. The van der Waals surface area contributed by atoms with Crippen LogP contribution in [0.4, 0.5) is 0 Å². The van der Waals surface area contributed by atoms with Crippen molar-refractivity contribution < 1.29 is 14.1 Å². The molecule has 1 aromatic carbocycles. The average molecular weight is 312 g/mol. The third-order valence-corrected chi connectivity index (χ3v) is 4.76. The Morgan fingerprint density at radius 1 is 1.30 bits per heavy atom. The standard InChI is InChI=1S/C18H20N2O3/c21-17(19-12-14-7-4-10-22-14)18(8-9-18)16-11-15(23-20-16)13-5-2-1-3-6-13/h1-3,5-6,11,14H,4,7-10,12H2,(H,19,21). The minimum Gasteiger partial charge on any atom is -0.376 e. The lowest BCUT2D eigenvalue weighted by atomic mass is 10.00. The molecule has 120 valence electrons. The topological polar surface area (TPSA) is 64.4 Å². The molecule has 23 heavy (non-hydrogen) atoms. The van der Waals surface area contributed by atoms with Gasteiger partial charge in [0.05, 0.1) is 17.2 Å². The Labute approximate surface area is 135 Å². The molecule has 0 bridgehead atoms. The largest absolute Gasteiger partial charge is 0.376 e. The Hall–Kier alpha value is -2.14.